The van der Waals surface area contributed by atoms with E-state index in [0.29, 0.717) is 37.0 Å². The van der Waals surface area contributed by atoms with Crippen LogP contribution in [-0.2, 0) is 4.74 Å². The maximum atomic E-state index is 12.5. The quantitative estimate of drug-likeness (QED) is 0.825. The fraction of sp³-hybridized carbons (Fsp3) is 0.692. The third-order valence-electron chi connectivity index (χ3n) is 3.91. The number of nitrogens with two attached hydrogens (primary N) is 1. The predicted octanol–water partition coefficient (Wildman–Crippen LogP) is -0.0505. The molecule has 1 aromatic rings. The molecule has 2 aliphatic heterocycles. The van der Waals surface area contributed by atoms with Crippen molar-refractivity contribution >= 4 is 28.2 Å². The second-order valence-electron chi connectivity index (χ2n) is 5.41. The molecule has 7 nitrogen and oxygen atoms in total. The van der Waals surface area contributed by atoms with E-state index in [9.17, 15) is 4.79 Å². The van der Waals surface area contributed by atoms with E-state index < -0.39 is 0 Å². The van der Waals surface area contributed by atoms with Gasteiger partial charge in [-0.1, -0.05) is 11.3 Å². The lowest BCUT2D eigenvalue weighted by atomic mass is 10.3. The van der Waals surface area contributed by atoms with E-state index in [2.05, 4.69) is 21.8 Å². The van der Waals surface area contributed by atoms with Gasteiger partial charge < -0.3 is 25.2 Å². The number of ether oxygens (including phenoxy) is 1. The molecule has 2 N–H and O–H groups in total. The molecule has 0 bridgehead atoms. The maximum Gasteiger partial charge on any atom is 0.268 e. The van der Waals surface area contributed by atoms with Gasteiger partial charge in [-0.15, -0.1) is 0 Å². The molecular formula is C13H21N5O2S. The summed E-state index contributed by atoms with van der Waals surface area (Å²) in [6, 6.07) is 0. The minimum Gasteiger partial charge on any atom is -0.382 e. The Kier molecular flexibility index (Phi) is 4.27. The molecule has 116 valence electrons. The maximum absolute atomic E-state index is 12.5. The molecule has 0 saturated carbocycles. The summed E-state index contributed by atoms with van der Waals surface area (Å²) in [7, 11) is 2.11. The second-order valence-corrected chi connectivity index (χ2v) is 6.38. The van der Waals surface area contributed by atoms with Gasteiger partial charge in [-0.3, -0.25) is 4.79 Å². The summed E-state index contributed by atoms with van der Waals surface area (Å²) in [5.41, 5.74) is 5.97. The summed E-state index contributed by atoms with van der Waals surface area (Å²) in [4.78, 5) is 23.7. The van der Waals surface area contributed by atoms with E-state index >= 15 is 0 Å². The highest BCUT2D eigenvalue weighted by molar-refractivity contribution is 7.18. The van der Waals surface area contributed by atoms with E-state index in [-0.39, 0.29) is 5.91 Å². The topological polar surface area (TPSA) is 74.9 Å². The van der Waals surface area contributed by atoms with Crippen LogP contribution in [0.1, 0.15) is 9.67 Å². The zero-order valence-electron chi connectivity index (χ0n) is 12.2. The van der Waals surface area contributed by atoms with Gasteiger partial charge in [0, 0.05) is 39.3 Å². The number of carbonyl (C=O) groups is 1. The van der Waals surface area contributed by atoms with Gasteiger partial charge in [0.2, 0.25) is 0 Å². The van der Waals surface area contributed by atoms with E-state index in [1.807, 2.05) is 0 Å². The summed E-state index contributed by atoms with van der Waals surface area (Å²) in [5, 5.41) is 0.859. The number of rotatable bonds is 2. The van der Waals surface area contributed by atoms with Crippen LogP contribution in [0.5, 0.6) is 0 Å². The number of aromatic nitrogens is 1. The van der Waals surface area contributed by atoms with Crippen molar-refractivity contribution in [2.24, 2.45) is 0 Å². The van der Waals surface area contributed by atoms with Crippen molar-refractivity contribution in [1.82, 2.24) is 14.8 Å². The summed E-state index contributed by atoms with van der Waals surface area (Å²) in [6.45, 7) is 6.30. The molecule has 0 spiro atoms. The molecule has 21 heavy (non-hydrogen) atoms. The smallest absolute Gasteiger partial charge is 0.268 e. The summed E-state index contributed by atoms with van der Waals surface area (Å²) in [5.74, 6) is 0.332. The highest BCUT2D eigenvalue weighted by Gasteiger charge is 2.26. The number of hydrogen-bond donors (Lipinski definition) is 1. The van der Waals surface area contributed by atoms with Crippen LogP contribution in [0.3, 0.4) is 0 Å². The predicted molar refractivity (Wildman–Crippen MR) is 83.0 cm³/mol. The Balaban J connectivity index is 1.73. The number of nitrogens with zero attached hydrogens (tertiary/aromatic N) is 4. The van der Waals surface area contributed by atoms with Crippen molar-refractivity contribution in [2.45, 2.75) is 0 Å². The van der Waals surface area contributed by atoms with E-state index in [0.717, 1.165) is 31.3 Å². The van der Waals surface area contributed by atoms with Gasteiger partial charge in [0.05, 0.1) is 13.2 Å². The van der Waals surface area contributed by atoms with Crippen LogP contribution in [-0.4, -0.2) is 80.2 Å². The van der Waals surface area contributed by atoms with Crippen LogP contribution in [0.15, 0.2) is 0 Å². The number of thiazole rings is 1. The molecule has 0 radical (unpaired) electrons. The van der Waals surface area contributed by atoms with E-state index in [1.165, 1.54) is 11.3 Å². The molecule has 0 aliphatic carbocycles. The summed E-state index contributed by atoms with van der Waals surface area (Å²) >= 11 is 1.41. The van der Waals surface area contributed by atoms with Crippen LogP contribution in [0.25, 0.3) is 0 Å². The lowest BCUT2D eigenvalue weighted by molar-refractivity contribution is 0.0306. The average molecular weight is 311 g/mol. The summed E-state index contributed by atoms with van der Waals surface area (Å²) < 4.78 is 5.28. The summed E-state index contributed by atoms with van der Waals surface area (Å²) in [6.07, 6.45) is 0. The fourth-order valence-electron chi connectivity index (χ4n) is 2.52. The van der Waals surface area contributed by atoms with Crippen LogP contribution in [0, 0.1) is 0 Å². The first-order valence-corrected chi connectivity index (χ1v) is 8.03. The Bertz CT molecular complexity index is 507. The number of likely N-dealkylation sites (N-methyl/N-ethyl adjacent to an activating group) is 1. The third-order valence-corrected chi connectivity index (χ3v) is 5.03. The van der Waals surface area contributed by atoms with Crippen molar-refractivity contribution < 1.29 is 9.53 Å². The highest BCUT2D eigenvalue weighted by Crippen LogP contribution is 2.30. The minimum absolute atomic E-state index is 0.0197. The van der Waals surface area contributed by atoms with Crippen LogP contribution >= 0.6 is 11.3 Å². The van der Waals surface area contributed by atoms with Crippen molar-refractivity contribution in [1.29, 1.82) is 0 Å². The van der Waals surface area contributed by atoms with Crippen molar-refractivity contribution in [2.75, 3.05) is 70.2 Å². The molecule has 0 atom stereocenters. The van der Waals surface area contributed by atoms with Gasteiger partial charge in [0.15, 0.2) is 5.13 Å². The number of hydrogen-bond acceptors (Lipinski definition) is 7. The standard InChI is InChI=1S/C13H21N5O2S/c1-16-2-4-18(5-3-16)13-15-11(14)10(21-13)12(19)17-6-8-20-9-7-17/h2-9,14H2,1H3. The lowest BCUT2D eigenvalue weighted by Gasteiger charge is -2.32. The van der Waals surface area contributed by atoms with Gasteiger partial charge in [-0.25, -0.2) is 4.98 Å². The SMILES string of the molecule is CN1CCN(c2nc(N)c(C(=O)N3CCOCC3)s2)CC1. The van der Waals surface area contributed by atoms with Crippen LogP contribution < -0.4 is 10.6 Å². The van der Waals surface area contributed by atoms with Crippen molar-refractivity contribution in [3.63, 3.8) is 0 Å². The van der Waals surface area contributed by atoms with Crippen LogP contribution in [0.4, 0.5) is 10.9 Å². The van der Waals surface area contributed by atoms with Gasteiger partial charge in [-0.05, 0) is 7.05 Å². The largest absolute Gasteiger partial charge is 0.382 e. The van der Waals surface area contributed by atoms with E-state index in [1.54, 1.807) is 4.90 Å². The molecule has 0 aromatic carbocycles. The van der Waals surface area contributed by atoms with Gasteiger partial charge in [0.1, 0.15) is 10.7 Å². The Morgan fingerprint density at radius 1 is 1.19 bits per heavy atom. The minimum atomic E-state index is -0.0197. The molecule has 3 heterocycles. The molecule has 2 fully saturated rings. The number of morpholine rings is 1. The highest BCUT2D eigenvalue weighted by atomic mass is 32.1. The van der Waals surface area contributed by atoms with Crippen molar-refractivity contribution in [3.05, 3.63) is 4.88 Å². The van der Waals surface area contributed by atoms with Gasteiger partial charge in [0.25, 0.3) is 5.91 Å². The molecule has 0 unspecified atom stereocenters. The number of amides is 1. The van der Waals surface area contributed by atoms with Gasteiger partial charge in [-0.2, -0.15) is 0 Å². The average Bonchev–Trinajstić information content (AvgIpc) is 2.90. The molecule has 8 heteroatoms. The molecule has 3 rings (SSSR count). The first-order chi connectivity index (χ1) is 10.1. The first-order valence-electron chi connectivity index (χ1n) is 7.22. The molecular weight excluding hydrogens is 290 g/mol. The third kappa shape index (κ3) is 3.12. The Morgan fingerprint density at radius 2 is 1.86 bits per heavy atom. The zero-order valence-corrected chi connectivity index (χ0v) is 13.1. The normalized spacial score (nSPS) is 20.8. The first kappa shape index (κ1) is 14.6. The molecule has 1 aromatic heterocycles. The molecule has 2 saturated heterocycles. The lowest BCUT2D eigenvalue weighted by Crippen LogP contribution is -2.44. The Hall–Kier alpha value is -1.38. The number of anilines is 2. The fourth-order valence-corrected chi connectivity index (χ4v) is 3.52. The Morgan fingerprint density at radius 3 is 2.52 bits per heavy atom. The number of nitrogen functional groups attached to an aromatic ring is 1. The Labute approximate surface area is 128 Å². The van der Waals surface area contributed by atoms with Gasteiger partial charge >= 0.3 is 0 Å². The number of carbonyl (C=O) groups excluding carboxylic acids is 1. The van der Waals surface area contributed by atoms with Crippen molar-refractivity contribution in [3.8, 4) is 0 Å². The molecule has 2 aliphatic rings. The van der Waals surface area contributed by atoms with E-state index in [4.69, 9.17) is 10.5 Å². The zero-order chi connectivity index (χ0) is 14.8. The number of piperazine rings is 1. The second kappa shape index (κ2) is 6.17. The monoisotopic (exact) mass is 311 g/mol. The van der Waals surface area contributed by atoms with Crippen LogP contribution in [0.2, 0.25) is 0 Å². The molecule has 1 amide bonds.